The lowest BCUT2D eigenvalue weighted by molar-refractivity contribution is 0.414. The van der Waals surface area contributed by atoms with Gasteiger partial charge in [0, 0.05) is 0 Å². The van der Waals surface area contributed by atoms with E-state index in [1.54, 1.807) is 19.2 Å². The molecule has 3 rings (SSSR count). The minimum atomic E-state index is -0.693. The number of rotatable bonds is 3. The first-order chi connectivity index (χ1) is 10.1. The molecule has 0 radical (unpaired) electrons. The normalized spacial score (nSPS) is 11.0. The number of halogens is 1. The van der Waals surface area contributed by atoms with Gasteiger partial charge in [-0.05, 0) is 23.8 Å². The van der Waals surface area contributed by atoms with Crippen LogP contribution in [-0.4, -0.2) is 11.7 Å². The zero-order valence-electron chi connectivity index (χ0n) is 11.0. The third-order valence-corrected chi connectivity index (χ3v) is 4.33. The van der Waals surface area contributed by atoms with Crippen LogP contribution < -0.4 is 16.1 Å². The minimum absolute atomic E-state index is 0.292. The average molecular weight is 324 g/mol. The molecule has 0 fully saturated rings. The summed E-state index contributed by atoms with van der Waals surface area (Å²) in [6.45, 7) is 0.292. The van der Waals surface area contributed by atoms with Gasteiger partial charge >= 0.3 is 11.4 Å². The predicted octanol–water partition coefficient (Wildman–Crippen LogP) is 2.73. The second-order valence-corrected chi connectivity index (χ2v) is 6.02. The Kier molecular flexibility index (Phi) is 3.57. The summed E-state index contributed by atoms with van der Waals surface area (Å²) in [6.07, 6.45) is 0. The van der Waals surface area contributed by atoms with Gasteiger partial charge < -0.3 is 9.15 Å². The van der Waals surface area contributed by atoms with E-state index in [0.717, 1.165) is 11.3 Å². The number of fused-ring (bicyclic) bond motifs is 1. The Morgan fingerprint density at radius 3 is 2.67 bits per heavy atom. The average Bonchev–Trinajstić information content (AvgIpc) is 2.86. The maximum Gasteiger partial charge on any atom is 0.423 e. The Balaban J connectivity index is 2.11. The molecule has 0 amide bonds. The summed E-state index contributed by atoms with van der Waals surface area (Å²) >= 11 is 7.11. The lowest BCUT2D eigenvalue weighted by Gasteiger charge is -2.06. The Labute approximate surface area is 128 Å². The van der Waals surface area contributed by atoms with Crippen LogP contribution >= 0.6 is 22.9 Å². The number of hydrogen-bond acceptors (Lipinski definition) is 5. The second kappa shape index (κ2) is 5.38. The molecular weight excluding hydrogens is 314 g/mol. The van der Waals surface area contributed by atoms with Crippen molar-refractivity contribution >= 4 is 33.2 Å². The largest absolute Gasteiger partial charge is 0.497 e. The highest BCUT2D eigenvalue weighted by atomic mass is 35.5. The molecule has 0 atom stereocenters. The Morgan fingerprint density at radius 1 is 1.29 bits per heavy atom. The number of ether oxygens (including phenoxy) is 1. The van der Waals surface area contributed by atoms with E-state index in [-0.39, 0.29) is 0 Å². The number of benzene rings is 1. The first kappa shape index (κ1) is 13.9. The van der Waals surface area contributed by atoms with E-state index in [2.05, 4.69) is 0 Å². The maximum absolute atomic E-state index is 11.9. The highest BCUT2D eigenvalue weighted by Crippen LogP contribution is 2.26. The molecule has 7 heteroatoms. The Morgan fingerprint density at radius 2 is 2.00 bits per heavy atom. The molecule has 0 aliphatic heterocycles. The van der Waals surface area contributed by atoms with Gasteiger partial charge in [0.2, 0.25) is 0 Å². The van der Waals surface area contributed by atoms with Crippen molar-refractivity contribution in [2.75, 3.05) is 7.11 Å². The standard InChI is InChI=1S/C14H10ClNO4S/c1-19-9-4-2-8(3-5-9)7-16-12-10(6-11(15)21-12)13(17)20-14(16)18/h2-6H,7H2,1H3. The van der Waals surface area contributed by atoms with Crippen LogP contribution in [0.2, 0.25) is 4.34 Å². The summed E-state index contributed by atoms with van der Waals surface area (Å²) in [5.41, 5.74) is 0.224. The van der Waals surface area contributed by atoms with Crippen LogP contribution in [-0.2, 0) is 6.54 Å². The van der Waals surface area contributed by atoms with E-state index >= 15 is 0 Å². The summed E-state index contributed by atoms with van der Waals surface area (Å²) in [7, 11) is 1.59. The zero-order chi connectivity index (χ0) is 15.0. The van der Waals surface area contributed by atoms with Gasteiger partial charge in [-0.15, -0.1) is 11.3 Å². The first-order valence-corrected chi connectivity index (χ1v) is 7.24. The van der Waals surface area contributed by atoms with Gasteiger partial charge in [0.1, 0.15) is 10.6 Å². The number of methoxy groups -OCH3 is 1. The number of hydrogen-bond donors (Lipinski definition) is 0. The number of aromatic nitrogens is 1. The van der Waals surface area contributed by atoms with Gasteiger partial charge in [-0.25, -0.2) is 9.59 Å². The lowest BCUT2D eigenvalue weighted by atomic mass is 10.2. The Hall–Kier alpha value is -2.05. The van der Waals surface area contributed by atoms with Crippen molar-refractivity contribution in [1.82, 2.24) is 4.57 Å². The van der Waals surface area contributed by atoms with Gasteiger partial charge in [-0.3, -0.25) is 4.57 Å². The fraction of sp³-hybridized carbons (Fsp3) is 0.143. The molecule has 0 aliphatic rings. The molecule has 5 nitrogen and oxygen atoms in total. The summed E-state index contributed by atoms with van der Waals surface area (Å²) in [5, 5.41) is 0.318. The summed E-state index contributed by atoms with van der Waals surface area (Å²) in [5.74, 6) is 0.0387. The molecule has 1 aromatic carbocycles. The number of nitrogens with zero attached hydrogens (tertiary/aromatic N) is 1. The summed E-state index contributed by atoms with van der Waals surface area (Å²) in [6, 6.07) is 8.81. The molecule has 0 N–H and O–H groups in total. The van der Waals surface area contributed by atoms with Crippen molar-refractivity contribution in [3.63, 3.8) is 0 Å². The highest BCUT2D eigenvalue weighted by molar-refractivity contribution is 7.22. The molecule has 0 spiro atoms. The third-order valence-electron chi connectivity index (χ3n) is 3.05. The van der Waals surface area contributed by atoms with E-state index < -0.39 is 11.4 Å². The minimum Gasteiger partial charge on any atom is -0.497 e. The molecule has 0 aliphatic carbocycles. The van der Waals surface area contributed by atoms with Gasteiger partial charge in [0.15, 0.2) is 0 Å². The first-order valence-electron chi connectivity index (χ1n) is 6.04. The fourth-order valence-electron chi connectivity index (χ4n) is 2.02. The SMILES string of the molecule is COc1ccc(Cn2c(=O)oc(=O)c3cc(Cl)sc32)cc1. The van der Waals surface area contributed by atoms with E-state index in [0.29, 0.717) is 21.1 Å². The van der Waals surface area contributed by atoms with Gasteiger partial charge in [0.05, 0.1) is 23.4 Å². The molecule has 0 saturated heterocycles. The molecule has 108 valence electrons. The monoisotopic (exact) mass is 323 g/mol. The van der Waals surface area contributed by atoms with Crippen molar-refractivity contribution in [3.05, 3.63) is 61.2 Å². The van der Waals surface area contributed by atoms with E-state index in [1.807, 2.05) is 12.1 Å². The van der Waals surface area contributed by atoms with E-state index in [4.69, 9.17) is 20.8 Å². The third kappa shape index (κ3) is 2.59. The van der Waals surface area contributed by atoms with Crippen LogP contribution in [0.4, 0.5) is 0 Å². The molecule has 2 aromatic heterocycles. The highest BCUT2D eigenvalue weighted by Gasteiger charge is 2.13. The molecule has 2 heterocycles. The Bertz CT molecular complexity index is 907. The van der Waals surface area contributed by atoms with Gasteiger partial charge in [0.25, 0.3) is 0 Å². The zero-order valence-corrected chi connectivity index (χ0v) is 12.5. The summed E-state index contributed by atoms with van der Waals surface area (Å²) in [4.78, 5) is 24.1. The molecule has 21 heavy (non-hydrogen) atoms. The van der Waals surface area contributed by atoms with Crippen molar-refractivity contribution in [1.29, 1.82) is 0 Å². The predicted molar refractivity (Wildman–Crippen MR) is 81.7 cm³/mol. The van der Waals surface area contributed by atoms with Crippen molar-refractivity contribution in [3.8, 4) is 5.75 Å². The van der Waals surface area contributed by atoms with Crippen LogP contribution in [0, 0.1) is 0 Å². The van der Waals surface area contributed by atoms with E-state index in [1.165, 1.54) is 22.0 Å². The molecule has 0 bridgehead atoms. The molecule has 0 saturated carbocycles. The van der Waals surface area contributed by atoms with Crippen molar-refractivity contribution in [2.24, 2.45) is 0 Å². The lowest BCUT2D eigenvalue weighted by Crippen LogP contribution is -2.24. The van der Waals surface area contributed by atoms with Crippen molar-refractivity contribution < 1.29 is 9.15 Å². The van der Waals surface area contributed by atoms with Crippen LogP contribution in [0.1, 0.15) is 5.56 Å². The quantitative estimate of drug-likeness (QED) is 0.743. The molecule has 0 unspecified atom stereocenters. The van der Waals surface area contributed by atoms with Crippen LogP contribution in [0.15, 0.2) is 44.3 Å². The smallest absolute Gasteiger partial charge is 0.423 e. The maximum atomic E-state index is 11.9. The van der Waals surface area contributed by atoms with Gasteiger partial charge in [-0.2, -0.15) is 0 Å². The molecule has 3 aromatic rings. The van der Waals surface area contributed by atoms with Crippen LogP contribution in [0.25, 0.3) is 10.2 Å². The number of thiophene rings is 1. The van der Waals surface area contributed by atoms with Gasteiger partial charge in [-0.1, -0.05) is 23.7 Å². The van der Waals surface area contributed by atoms with Crippen LogP contribution in [0.3, 0.4) is 0 Å². The fourth-order valence-corrected chi connectivity index (χ4v) is 3.21. The second-order valence-electron chi connectivity index (χ2n) is 4.36. The summed E-state index contributed by atoms with van der Waals surface area (Å²) < 4.78 is 11.7. The topological polar surface area (TPSA) is 61.4 Å². The van der Waals surface area contributed by atoms with Crippen molar-refractivity contribution in [2.45, 2.75) is 6.54 Å². The van der Waals surface area contributed by atoms with E-state index in [9.17, 15) is 9.59 Å². The van der Waals surface area contributed by atoms with Crippen LogP contribution in [0.5, 0.6) is 5.75 Å². The molecular formula is C14H10ClNO4S.